The Morgan fingerprint density at radius 2 is 1.80 bits per heavy atom. The van der Waals surface area contributed by atoms with Crippen molar-refractivity contribution in [1.82, 2.24) is 4.57 Å². The fraction of sp³-hybridized carbons (Fsp3) is 0.200. The minimum absolute atomic E-state index is 0.0585. The lowest BCUT2D eigenvalue weighted by molar-refractivity contribution is -0.255. The zero-order valence-corrected chi connectivity index (χ0v) is 23.4. The van der Waals surface area contributed by atoms with Crippen molar-refractivity contribution in [3.63, 3.8) is 0 Å². The number of aromatic carboxylic acids is 1. The van der Waals surface area contributed by atoms with Gasteiger partial charge in [-0.15, -0.1) is 0 Å². The fourth-order valence-electron chi connectivity index (χ4n) is 4.62. The number of nitrogens with zero attached hydrogens (tertiary/aromatic N) is 2. The largest absolute Gasteiger partial charge is 0.545 e. The number of aromatic nitrogens is 1. The third kappa shape index (κ3) is 5.19. The number of esters is 1. The van der Waals surface area contributed by atoms with E-state index in [9.17, 15) is 19.5 Å². The number of rotatable bonds is 8. The maximum Gasteiger partial charge on any atom is 0.338 e. The third-order valence-electron chi connectivity index (χ3n) is 6.55. The van der Waals surface area contributed by atoms with Gasteiger partial charge < -0.3 is 28.5 Å². The topological polar surface area (TPSA) is 132 Å². The van der Waals surface area contributed by atoms with Gasteiger partial charge in [0.05, 0.1) is 48.6 Å². The minimum atomic E-state index is -1.26. The molecular weight excluding hydrogens is 548 g/mol. The highest BCUT2D eigenvalue weighted by Gasteiger charge is 2.34. The van der Waals surface area contributed by atoms with Gasteiger partial charge in [0.25, 0.3) is 5.56 Å². The van der Waals surface area contributed by atoms with Crippen LogP contribution >= 0.6 is 11.3 Å². The van der Waals surface area contributed by atoms with Gasteiger partial charge in [-0.2, -0.15) is 0 Å². The van der Waals surface area contributed by atoms with Gasteiger partial charge in [-0.25, -0.2) is 9.79 Å². The van der Waals surface area contributed by atoms with Crippen molar-refractivity contribution in [3.8, 4) is 22.8 Å². The van der Waals surface area contributed by atoms with Crippen LogP contribution in [-0.2, 0) is 9.53 Å². The Morgan fingerprint density at radius 3 is 2.46 bits per heavy atom. The number of fused-ring (bicyclic) bond motifs is 1. The molecule has 10 nitrogen and oxygen atoms in total. The Bertz CT molecular complexity index is 1860. The van der Waals surface area contributed by atoms with E-state index in [-0.39, 0.29) is 23.3 Å². The summed E-state index contributed by atoms with van der Waals surface area (Å²) in [6, 6.07) is 13.9. The van der Waals surface area contributed by atoms with E-state index in [1.165, 1.54) is 42.3 Å². The van der Waals surface area contributed by atoms with Crippen molar-refractivity contribution in [1.29, 1.82) is 0 Å². The molecule has 4 aromatic rings. The first-order valence-electron chi connectivity index (χ1n) is 12.6. The molecule has 11 heteroatoms. The molecule has 1 atom stereocenters. The molecule has 0 radical (unpaired) electrons. The molecule has 0 aliphatic carbocycles. The number of thiazole rings is 1. The molecule has 0 fully saturated rings. The average Bonchev–Trinajstić information content (AvgIpc) is 3.56. The Kier molecular flexibility index (Phi) is 7.62. The molecule has 5 rings (SSSR count). The lowest BCUT2D eigenvalue weighted by Gasteiger charge is -2.25. The maximum atomic E-state index is 13.8. The van der Waals surface area contributed by atoms with E-state index in [4.69, 9.17) is 18.6 Å². The van der Waals surface area contributed by atoms with Crippen molar-refractivity contribution in [2.24, 2.45) is 4.99 Å². The second-order valence-electron chi connectivity index (χ2n) is 8.98. The first kappa shape index (κ1) is 27.7. The van der Waals surface area contributed by atoms with Crippen LogP contribution in [0.15, 0.2) is 80.1 Å². The molecule has 0 spiro atoms. The van der Waals surface area contributed by atoms with Crippen molar-refractivity contribution in [2.75, 3.05) is 20.8 Å². The van der Waals surface area contributed by atoms with Gasteiger partial charge >= 0.3 is 5.97 Å². The summed E-state index contributed by atoms with van der Waals surface area (Å²) in [6.45, 7) is 3.58. The summed E-state index contributed by atoms with van der Waals surface area (Å²) in [7, 11) is 3.03. The van der Waals surface area contributed by atoms with Crippen LogP contribution in [0.3, 0.4) is 0 Å². The first-order chi connectivity index (χ1) is 19.7. The van der Waals surface area contributed by atoms with E-state index in [0.717, 1.165) is 0 Å². The molecule has 1 aliphatic heterocycles. The van der Waals surface area contributed by atoms with Crippen LogP contribution in [0.5, 0.6) is 11.5 Å². The standard InChI is InChI=1S/C30H26N2O8S/c1-5-39-29(36)25-16(2)31-30-32(26(25)19-10-12-22(37-3)23(14-19)38-4)27(33)24(41-30)15-20-11-13-21(40-20)17-6-8-18(9-7-17)28(34)35/h6-15,26H,5H2,1-4H3,(H,34,35)/p-1/b24-15-/t26-/m0/s1. The Labute approximate surface area is 238 Å². The molecule has 0 bridgehead atoms. The van der Waals surface area contributed by atoms with Gasteiger partial charge in [0.15, 0.2) is 16.3 Å². The molecule has 2 aromatic heterocycles. The van der Waals surface area contributed by atoms with Crippen LogP contribution in [0.4, 0.5) is 0 Å². The maximum absolute atomic E-state index is 13.8. The number of carbonyl (C=O) groups is 2. The number of hydrogen-bond donors (Lipinski definition) is 0. The zero-order valence-electron chi connectivity index (χ0n) is 22.6. The fourth-order valence-corrected chi connectivity index (χ4v) is 5.64. The van der Waals surface area contributed by atoms with Gasteiger partial charge in [0.1, 0.15) is 11.5 Å². The molecule has 1 aliphatic rings. The summed E-state index contributed by atoms with van der Waals surface area (Å²) in [4.78, 5) is 43.0. The monoisotopic (exact) mass is 573 g/mol. The van der Waals surface area contributed by atoms with Crippen LogP contribution in [0, 0.1) is 0 Å². The number of methoxy groups -OCH3 is 2. The van der Waals surface area contributed by atoms with Crippen molar-refractivity contribution in [2.45, 2.75) is 19.9 Å². The lowest BCUT2D eigenvalue weighted by atomic mass is 9.95. The number of benzene rings is 2. The predicted molar refractivity (Wildman–Crippen MR) is 148 cm³/mol. The molecule has 0 N–H and O–H groups in total. The quantitative estimate of drug-likeness (QED) is 0.294. The Morgan fingerprint density at radius 1 is 1.07 bits per heavy atom. The molecule has 0 amide bonds. The smallest absolute Gasteiger partial charge is 0.338 e. The minimum Gasteiger partial charge on any atom is -0.545 e. The summed E-state index contributed by atoms with van der Waals surface area (Å²) in [5.41, 5.74) is 1.67. The molecule has 0 saturated carbocycles. The number of hydrogen-bond acceptors (Lipinski definition) is 10. The zero-order chi connectivity index (χ0) is 29.3. The van der Waals surface area contributed by atoms with E-state index in [1.54, 1.807) is 62.4 Å². The second kappa shape index (κ2) is 11.3. The van der Waals surface area contributed by atoms with E-state index in [0.29, 0.717) is 49.2 Å². The van der Waals surface area contributed by atoms with Crippen molar-refractivity contribution >= 4 is 29.4 Å². The summed E-state index contributed by atoms with van der Waals surface area (Å²) < 4.78 is 23.9. The number of allylic oxidation sites excluding steroid dienone is 1. The van der Waals surface area contributed by atoms with Crippen molar-refractivity contribution in [3.05, 3.63) is 102 Å². The van der Waals surface area contributed by atoms with Crippen LogP contribution in [0.25, 0.3) is 17.4 Å². The SMILES string of the molecule is CCOC(=O)C1=C(C)N=c2s/c(=C\c3ccc(-c4ccc(C(=O)[O-])cc4)o3)c(=O)n2[C@H]1c1ccc(OC)c(OC)c1. The highest BCUT2D eigenvalue weighted by Crippen LogP contribution is 2.36. The summed E-state index contributed by atoms with van der Waals surface area (Å²) in [6.07, 6.45) is 1.61. The van der Waals surface area contributed by atoms with E-state index < -0.39 is 18.0 Å². The van der Waals surface area contributed by atoms with Crippen LogP contribution in [-0.4, -0.2) is 37.3 Å². The summed E-state index contributed by atoms with van der Waals surface area (Å²) >= 11 is 1.17. The summed E-state index contributed by atoms with van der Waals surface area (Å²) in [5, 5.41) is 11.0. The molecular formula is C30H25N2O8S-. The second-order valence-corrected chi connectivity index (χ2v) is 9.99. The highest BCUT2D eigenvalue weighted by molar-refractivity contribution is 7.07. The molecule has 3 heterocycles. The number of ether oxygens (including phenoxy) is 3. The Balaban J connectivity index is 1.62. The van der Waals surface area contributed by atoms with Gasteiger partial charge in [-0.1, -0.05) is 41.7 Å². The van der Waals surface area contributed by atoms with Gasteiger partial charge in [0, 0.05) is 11.6 Å². The number of carboxylic acid groups (broad SMARTS) is 1. The lowest BCUT2D eigenvalue weighted by Crippen LogP contribution is -2.39. The molecule has 0 saturated heterocycles. The molecule has 41 heavy (non-hydrogen) atoms. The normalized spacial score (nSPS) is 14.8. The van der Waals surface area contributed by atoms with E-state index in [1.807, 2.05) is 0 Å². The van der Waals surface area contributed by atoms with E-state index >= 15 is 0 Å². The van der Waals surface area contributed by atoms with Crippen molar-refractivity contribution < 1.29 is 33.3 Å². The first-order valence-corrected chi connectivity index (χ1v) is 13.4. The number of carboxylic acids is 1. The molecule has 2 aromatic carbocycles. The summed E-state index contributed by atoms with van der Waals surface area (Å²) in [5.74, 6) is 0.0319. The number of carbonyl (C=O) groups excluding carboxylic acids is 2. The van der Waals surface area contributed by atoms with Gasteiger partial charge in [0.2, 0.25) is 0 Å². The number of furan rings is 1. The van der Waals surface area contributed by atoms with Crippen LogP contribution in [0.1, 0.15) is 41.6 Å². The van der Waals surface area contributed by atoms with E-state index in [2.05, 4.69) is 4.99 Å². The van der Waals surface area contributed by atoms with Gasteiger partial charge in [-0.3, -0.25) is 9.36 Å². The average molecular weight is 574 g/mol. The highest BCUT2D eigenvalue weighted by atomic mass is 32.1. The molecule has 210 valence electrons. The Hall–Kier alpha value is -4.90. The predicted octanol–water partition coefficient (Wildman–Crippen LogP) is 2.44. The van der Waals surface area contributed by atoms with Crippen LogP contribution in [0.2, 0.25) is 0 Å². The van der Waals surface area contributed by atoms with Crippen LogP contribution < -0.4 is 29.5 Å². The third-order valence-corrected chi connectivity index (χ3v) is 7.53. The van der Waals surface area contributed by atoms with Gasteiger partial charge in [-0.05, 0) is 49.2 Å². The molecule has 0 unspecified atom stereocenters.